The molecule has 6 nitrogen and oxygen atoms in total. The number of para-hydroxylation sites is 1. The van der Waals surface area contributed by atoms with E-state index in [4.69, 9.17) is 11.6 Å². The van der Waals surface area contributed by atoms with Gasteiger partial charge in [-0.15, -0.1) is 0 Å². The summed E-state index contributed by atoms with van der Waals surface area (Å²) in [5.41, 5.74) is 3.81. The third-order valence-corrected chi connectivity index (χ3v) is 7.10. The molecule has 0 spiro atoms. The second kappa shape index (κ2) is 8.48. The van der Waals surface area contributed by atoms with E-state index in [-0.39, 0.29) is 6.54 Å². The maximum absolute atomic E-state index is 12.8. The Morgan fingerprint density at radius 3 is 2.47 bits per heavy atom. The standard InChI is InChI=1S/C24H24ClN3O3S/c1-4-27-22-10-6-5-8-18(22)19-14-17(12-13-23(19)27)26-24(29)15-28(32(3,30)31)21-11-7-9-20(25)16(21)2/h5-14H,4,15H2,1-3H3,(H,26,29). The summed E-state index contributed by atoms with van der Waals surface area (Å²) in [6.45, 7) is 4.30. The minimum atomic E-state index is -3.70. The smallest absolute Gasteiger partial charge is 0.245 e. The Kier molecular flexibility index (Phi) is 5.88. The van der Waals surface area contributed by atoms with Crippen molar-refractivity contribution in [2.24, 2.45) is 0 Å². The zero-order valence-electron chi connectivity index (χ0n) is 18.1. The number of aryl methyl sites for hydroxylation is 1. The van der Waals surface area contributed by atoms with E-state index in [1.54, 1.807) is 25.1 Å². The van der Waals surface area contributed by atoms with E-state index in [2.05, 4.69) is 28.9 Å². The van der Waals surface area contributed by atoms with Gasteiger partial charge in [0.2, 0.25) is 15.9 Å². The molecule has 3 aromatic carbocycles. The summed E-state index contributed by atoms with van der Waals surface area (Å²) in [4.78, 5) is 12.8. The number of fused-ring (bicyclic) bond motifs is 3. The van der Waals surface area contributed by atoms with Crippen molar-refractivity contribution >= 4 is 60.7 Å². The van der Waals surface area contributed by atoms with E-state index in [0.717, 1.165) is 38.9 Å². The van der Waals surface area contributed by atoms with Crippen LogP contribution in [0, 0.1) is 6.92 Å². The Balaban J connectivity index is 1.66. The van der Waals surface area contributed by atoms with E-state index in [1.165, 1.54) is 0 Å². The van der Waals surface area contributed by atoms with E-state index < -0.39 is 15.9 Å². The molecule has 0 radical (unpaired) electrons. The first-order chi connectivity index (χ1) is 15.2. The Hall–Kier alpha value is -3.03. The molecular formula is C24H24ClN3O3S. The molecule has 0 saturated heterocycles. The number of halogens is 1. The molecular weight excluding hydrogens is 446 g/mol. The normalized spacial score (nSPS) is 11.8. The van der Waals surface area contributed by atoms with Gasteiger partial charge in [0.25, 0.3) is 0 Å². The number of amides is 1. The lowest BCUT2D eigenvalue weighted by Crippen LogP contribution is -2.37. The quantitative estimate of drug-likeness (QED) is 0.423. The number of nitrogens with one attached hydrogen (secondary N) is 1. The van der Waals surface area contributed by atoms with Gasteiger partial charge < -0.3 is 9.88 Å². The van der Waals surface area contributed by atoms with Crippen LogP contribution >= 0.6 is 11.6 Å². The highest BCUT2D eigenvalue weighted by molar-refractivity contribution is 7.92. The first-order valence-electron chi connectivity index (χ1n) is 10.2. The summed E-state index contributed by atoms with van der Waals surface area (Å²) >= 11 is 6.17. The molecule has 1 heterocycles. The van der Waals surface area contributed by atoms with Gasteiger partial charge in [0.15, 0.2) is 0 Å². The lowest BCUT2D eigenvalue weighted by atomic mass is 10.1. The van der Waals surface area contributed by atoms with Crippen molar-refractivity contribution in [2.75, 3.05) is 22.4 Å². The van der Waals surface area contributed by atoms with Crippen LogP contribution in [0.25, 0.3) is 21.8 Å². The van der Waals surface area contributed by atoms with Gasteiger partial charge in [-0.05, 0) is 55.8 Å². The molecule has 4 aromatic rings. The maximum Gasteiger partial charge on any atom is 0.245 e. The van der Waals surface area contributed by atoms with Gasteiger partial charge in [-0.25, -0.2) is 8.42 Å². The summed E-state index contributed by atoms with van der Waals surface area (Å²) < 4.78 is 28.2. The van der Waals surface area contributed by atoms with Crippen LogP contribution in [-0.4, -0.2) is 31.7 Å². The molecule has 1 amide bonds. The number of carbonyl (C=O) groups excluding carboxylic acids is 1. The molecule has 0 bridgehead atoms. The Morgan fingerprint density at radius 1 is 1.03 bits per heavy atom. The molecule has 0 unspecified atom stereocenters. The summed E-state index contributed by atoms with van der Waals surface area (Å²) in [7, 11) is -3.70. The molecule has 0 saturated carbocycles. The molecule has 0 aliphatic carbocycles. The van der Waals surface area contributed by atoms with Crippen LogP contribution < -0.4 is 9.62 Å². The first-order valence-corrected chi connectivity index (χ1v) is 12.5. The molecule has 32 heavy (non-hydrogen) atoms. The van der Waals surface area contributed by atoms with Gasteiger partial charge in [0.1, 0.15) is 6.54 Å². The van der Waals surface area contributed by atoms with E-state index in [0.29, 0.717) is 22.0 Å². The summed E-state index contributed by atoms with van der Waals surface area (Å²) in [6, 6.07) is 18.9. The monoisotopic (exact) mass is 469 g/mol. The molecule has 0 atom stereocenters. The average Bonchev–Trinajstić information content (AvgIpc) is 3.06. The minimum Gasteiger partial charge on any atom is -0.341 e. The van der Waals surface area contributed by atoms with Gasteiger partial charge in [-0.2, -0.15) is 0 Å². The van der Waals surface area contributed by atoms with Crippen molar-refractivity contribution in [3.8, 4) is 0 Å². The number of carbonyl (C=O) groups is 1. The van der Waals surface area contributed by atoms with Crippen LogP contribution in [0.15, 0.2) is 60.7 Å². The fourth-order valence-electron chi connectivity index (χ4n) is 4.05. The summed E-state index contributed by atoms with van der Waals surface area (Å²) in [5, 5.41) is 5.42. The highest BCUT2D eigenvalue weighted by atomic mass is 35.5. The maximum atomic E-state index is 12.8. The molecule has 0 fully saturated rings. The van der Waals surface area contributed by atoms with Crippen molar-refractivity contribution in [1.82, 2.24) is 4.57 Å². The molecule has 166 valence electrons. The van der Waals surface area contributed by atoms with Crippen LogP contribution in [0.5, 0.6) is 0 Å². The molecule has 4 rings (SSSR count). The lowest BCUT2D eigenvalue weighted by Gasteiger charge is -2.24. The van der Waals surface area contributed by atoms with Crippen LogP contribution in [0.1, 0.15) is 12.5 Å². The molecule has 0 aliphatic heterocycles. The Labute approximate surface area is 192 Å². The zero-order valence-corrected chi connectivity index (χ0v) is 19.7. The number of aromatic nitrogens is 1. The van der Waals surface area contributed by atoms with Gasteiger partial charge in [-0.3, -0.25) is 9.10 Å². The van der Waals surface area contributed by atoms with E-state index in [9.17, 15) is 13.2 Å². The average molecular weight is 470 g/mol. The van der Waals surface area contributed by atoms with Crippen molar-refractivity contribution in [3.63, 3.8) is 0 Å². The summed E-state index contributed by atoms with van der Waals surface area (Å²) in [5.74, 6) is -0.437. The van der Waals surface area contributed by atoms with Gasteiger partial charge in [-0.1, -0.05) is 35.9 Å². The number of rotatable bonds is 6. The van der Waals surface area contributed by atoms with Crippen LogP contribution in [0.3, 0.4) is 0 Å². The van der Waals surface area contributed by atoms with Crippen LogP contribution in [-0.2, 0) is 21.4 Å². The third-order valence-electron chi connectivity index (χ3n) is 5.57. The predicted molar refractivity (Wildman–Crippen MR) is 132 cm³/mol. The first kappa shape index (κ1) is 22.2. The largest absolute Gasteiger partial charge is 0.341 e. The minimum absolute atomic E-state index is 0.352. The van der Waals surface area contributed by atoms with Crippen molar-refractivity contribution in [3.05, 3.63) is 71.2 Å². The second-order valence-corrected chi connectivity index (χ2v) is 10.0. The Morgan fingerprint density at radius 2 is 1.75 bits per heavy atom. The number of hydrogen-bond acceptors (Lipinski definition) is 3. The number of hydrogen-bond donors (Lipinski definition) is 1. The van der Waals surface area contributed by atoms with Crippen molar-refractivity contribution in [1.29, 1.82) is 0 Å². The second-order valence-electron chi connectivity index (χ2n) is 7.70. The number of sulfonamides is 1. The Bertz CT molecular complexity index is 1440. The SMILES string of the molecule is CCn1c2ccccc2c2cc(NC(=O)CN(c3cccc(Cl)c3C)S(C)(=O)=O)ccc21. The molecule has 1 N–H and O–H groups in total. The van der Waals surface area contributed by atoms with Crippen LogP contribution in [0.4, 0.5) is 11.4 Å². The molecule has 0 aliphatic rings. The highest BCUT2D eigenvalue weighted by Crippen LogP contribution is 2.31. The molecule has 8 heteroatoms. The predicted octanol–water partition coefficient (Wildman–Crippen LogP) is 5.18. The van der Waals surface area contributed by atoms with Gasteiger partial charge >= 0.3 is 0 Å². The zero-order chi connectivity index (χ0) is 23.0. The van der Waals surface area contributed by atoms with Gasteiger partial charge in [0, 0.05) is 39.1 Å². The highest BCUT2D eigenvalue weighted by Gasteiger charge is 2.23. The number of benzene rings is 3. The number of nitrogens with zero attached hydrogens (tertiary/aromatic N) is 2. The van der Waals surface area contributed by atoms with Gasteiger partial charge in [0.05, 0.1) is 11.9 Å². The summed E-state index contributed by atoms with van der Waals surface area (Å²) in [6.07, 6.45) is 1.08. The fourth-order valence-corrected chi connectivity index (χ4v) is 5.13. The topological polar surface area (TPSA) is 71.4 Å². The fraction of sp³-hybridized carbons (Fsp3) is 0.208. The van der Waals surface area contributed by atoms with E-state index >= 15 is 0 Å². The molecule has 1 aromatic heterocycles. The van der Waals surface area contributed by atoms with E-state index in [1.807, 2.05) is 30.3 Å². The lowest BCUT2D eigenvalue weighted by molar-refractivity contribution is -0.114. The third kappa shape index (κ3) is 4.06. The van der Waals surface area contributed by atoms with Crippen molar-refractivity contribution < 1.29 is 13.2 Å². The van der Waals surface area contributed by atoms with Crippen molar-refractivity contribution in [2.45, 2.75) is 20.4 Å². The number of anilines is 2. The van der Waals surface area contributed by atoms with Crippen LogP contribution in [0.2, 0.25) is 5.02 Å².